The average Bonchev–Trinajstić information content (AvgIpc) is 2.14. The van der Waals surface area contributed by atoms with Gasteiger partial charge in [-0.25, -0.2) is 0 Å². The Kier molecular flexibility index (Phi) is 1.82. The van der Waals surface area contributed by atoms with Gasteiger partial charge in [0.05, 0.1) is 0 Å². The van der Waals surface area contributed by atoms with E-state index in [9.17, 15) is 0 Å². The summed E-state index contributed by atoms with van der Waals surface area (Å²) in [4.78, 5) is 0. The second-order valence-electron chi connectivity index (χ2n) is 1.86. The third-order valence-electron chi connectivity index (χ3n) is 1.29. The molecule has 1 aliphatic carbocycles. The van der Waals surface area contributed by atoms with Crippen molar-refractivity contribution in [3.63, 3.8) is 0 Å². The molecule has 0 aliphatic heterocycles. The lowest BCUT2D eigenvalue weighted by atomic mass is 10.2. The van der Waals surface area contributed by atoms with Gasteiger partial charge in [0.15, 0.2) is 0 Å². The predicted octanol–water partition coefficient (Wildman–Crippen LogP) is 0.685. The first-order valence-corrected chi connectivity index (χ1v) is 3.34. The SMILES string of the molecule is NCC1=CC=CC1P. The summed E-state index contributed by atoms with van der Waals surface area (Å²) in [6.07, 6.45) is 6.23. The van der Waals surface area contributed by atoms with Crippen LogP contribution >= 0.6 is 9.24 Å². The van der Waals surface area contributed by atoms with Gasteiger partial charge in [-0.05, 0) is 5.57 Å². The lowest BCUT2D eigenvalue weighted by Crippen LogP contribution is -2.07. The van der Waals surface area contributed by atoms with Crippen molar-refractivity contribution in [1.29, 1.82) is 0 Å². The molecule has 1 aliphatic rings. The van der Waals surface area contributed by atoms with Gasteiger partial charge in [0, 0.05) is 12.2 Å². The highest BCUT2D eigenvalue weighted by molar-refractivity contribution is 7.18. The van der Waals surface area contributed by atoms with Crippen LogP contribution in [0.2, 0.25) is 0 Å². The Bertz CT molecular complexity index is 137. The third kappa shape index (κ3) is 0.988. The molecule has 44 valence electrons. The lowest BCUT2D eigenvalue weighted by molar-refractivity contribution is 1.10. The standard InChI is InChI=1S/C6H10NP/c7-4-5-2-1-3-6(5)8/h1-3,6H,4,7-8H2. The molecule has 0 radical (unpaired) electrons. The molecule has 1 rings (SSSR count). The van der Waals surface area contributed by atoms with E-state index in [1.807, 2.05) is 6.08 Å². The highest BCUT2D eigenvalue weighted by Gasteiger charge is 2.05. The molecule has 8 heavy (non-hydrogen) atoms. The minimum absolute atomic E-state index is 0.500. The highest BCUT2D eigenvalue weighted by atomic mass is 31.0. The number of hydrogen-bond donors (Lipinski definition) is 1. The van der Waals surface area contributed by atoms with Gasteiger partial charge in [-0.3, -0.25) is 0 Å². The molecular formula is C6H10NP. The van der Waals surface area contributed by atoms with Gasteiger partial charge in [0.2, 0.25) is 0 Å². The summed E-state index contributed by atoms with van der Waals surface area (Å²) in [7, 11) is 2.72. The van der Waals surface area contributed by atoms with Crippen LogP contribution in [0.25, 0.3) is 0 Å². The van der Waals surface area contributed by atoms with Gasteiger partial charge in [-0.2, -0.15) is 0 Å². The summed E-state index contributed by atoms with van der Waals surface area (Å²) in [5.74, 6) is 0. The van der Waals surface area contributed by atoms with Gasteiger partial charge in [-0.15, -0.1) is 9.24 Å². The van der Waals surface area contributed by atoms with Crippen molar-refractivity contribution in [2.24, 2.45) is 5.73 Å². The molecule has 0 aromatic rings. The number of rotatable bonds is 1. The van der Waals surface area contributed by atoms with Gasteiger partial charge < -0.3 is 5.73 Å². The highest BCUT2D eigenvalue weighted by Crippen LogP contribution is 2.17. The third-order valence-corrected chi connectivity index (χ3v) is 1.94. The molecule has 0 spiro atoms. The van der Waals surface area contributed by atoms with Crippen molar-refractivity contribution in [3.8, 4) is 0 Å². The number of allylic oxidation sites excluding steroid dienone is 3. The van der Waals surface area contributed by atoms with E-state index in [-0.39, 0.29) is 0 Å². The quantitative estimate of drug-likeness (QED) is 0.515. The topological polar surface area (TPSA) is 26.0 Å². The van der Waals surface area contributed by atoms with Gasteiger partial charge in [0.25, 0.3) is 0 Å². The van der Waals surface area contributed by atoms with Crippen LogP contribution in [0, 0.1) is 0 Å². The van der Waals surface area contributed by atoms with Crippen LogP contribution < -0.4 is 5.73 Å². The summed E-state index contributed by atoms with van der Waals surface area (Å²) in [6.45, 7) is 0.682. The zero-order valence-electron chi connectivity index (χ0n) is 4.67. The first-order valence-electron chi connectivity index (χ1n) is 2.67. The van der Waals surface area contributed by atoms with E-state index in [2.05, 4.69) is 21.4 Å². The Hall–Kier alpha value is -0.130. The van der Waals surface area contributed by atoms with Crippen molar-refractivity contribution in [1.82, 2.24) is 0 Å². The summed E-state index contributed by atoms with van der Waals surface area (Å²) in [6, 6.07) is 0. The first kappa shape index (κ1) is 6.00. The van der Waals surface area contributed by atoms with Crippen LogP contribution in [0.4, 0.5) is 0 Å². The minimum Gasteiger partial charge on any atom is -0.327 e. The second kappa shape index (κ2) is 2.43. The average molecular weight is 127 g/mol. The maximum Gasteiger partial charge on any atom is 0.0149 e. The van der Waals surface area contributed by atoms with Crippen LogP contribution in [-0.4, -0.2) is 12.2 Å². The molecule has 0 bridgehead atoms. The molecule has 0 aromatic carbocycles. The summed E-state index contributed by atoms with van der Waals surface area (Å²) in [5.41, 5.74) is 7.20. The van der Waals surface area contributed by atoms with Crippen molar-refractivity contribution in [2.45, 2.75) is 5.66 Å². The largest absolute Gasteiger partial charge is 0.327 e. The van der Waals surface area contributed by atoms with Crippen LogP contribution in [0.15, 0.2) is 23.8 Å². The zero-order valence-corrected chi connectivity index (χ0v) is 5.83. The molecule has 1 nitrogen and oxygen atoms in total. The molecule has 0 heterocycles. The minimum atomic E-state index is 0.500. The lowest BCUT2D eigenvalue weighted by Gasteiger charge is -2.01. The van der Waals surface area contributed by atoms with E-state index in [0.29, 0.717) is 12.2 Å². The van der Waals surface area contributed by atoms with Gasteiger partial charge in [0.1, 0.15) is 0 Å². The van der Waals surface area contributed by atoms with Crippen molar-refractivity contribution >= 4 is 9.24 Å². The zero-order chi connectivity index (χ0) is 5.98. The van der Waals surface area contributed by atoms with Gasteiger partial charge >= 0.3 is 0 Å². The Labute approximate surface area is 51.8 Å². The smallest absolute Gasteiger partial charge is 0.0149 e. The summed E-state index contributed by atoms with van der Waals surface area (Å²) >= 11 is 0. The van der Waals surface area contributed by atoms with Crippen LogP contribution in [0.5, 0.6) is 0 Å². The number of nitrogens with two attached hydrogens (primary N) is 1. The Balaban J connectivity index is 2.59. The van der Waals surface area contributed by atoms with E-state index in [4.69, 9.17) is 5.73 Å². The summed E-state index contributed by atoms with van der Waals surface area (Å²) in [5, 5.41) is 0. The molecule has 0 saturated heterocycles. The molecule has 0 amide bonds. The molecule has 0 saturated carbocycles. The van der Waals surface area contributed by atoms with Crippen LogP contribution in [0.3, 0.4) is 0 Å². The Morgan fingerprint density at radius 3 is 2.75 bits per heavy atom. The normalized spacial score (nSPS) is 26.2. The van der Waals surface area contributed by atoms with Crippen molar-refractivity contribution < 1.29 is 0 Å². The van der Waals surface area contributed by atoms with E-state index in [0.717, 1.165) is 0 Å². The molecule has 2 N–H and O–H groups in total. The molecule has 2 unspecified atom stereocenters. The fraction of sp³-hybridized carbons (Fsp3) is 0.333. The first-order chi connectivity index (χ1) is 3.84. The van der Waals surface area contributed by atoms with Crippen molar-refractivity contribution in [3.05, 3.63) is 23.8 Å². The molecule has 0 aromatic heterocycles. The molecule has 2 atom stereocenters. The maximum atomic E-state index is 5.40. The molecule has 0 fully saturated rings. The van der Waals surface area contributed by atoms with Gasteiger partial charge in [-0.1, -0.05) is 18.2 Å². The Morgan fingerprint density at radius 1 is 1.75 bits per heavy atom. The predicted molar refractivity (Wildman–Crippen MR) is 39.8 cm³/mol. The molecule has 2 heteroatoms. The fourth-order valence-electron chi connectivity index (χ4n) is 0.738. The fourth-order valence-corrected chi connectivity index (χ4v) is 1.11. The number of hydrogen-bond acceptors (Lipinski definition) is 1. The molecular weight excluding hydrogens is 117 g/mol. The van der Waals surface area contributed by atoms with E-state index >= 15 is 0 Å². The monoisotopic (exact) mass is 127 g/mol. The van der Waals surface area contributed by atoms with E-state index in [1.54, 1.807) is 0 Å². The van der Waals surface area contributed by atoms with Crippen LogP contribution in [0.1, 0.15) is 0 Å². The van der Waals surface area contributed by atoms with Crippen LogP contribution in [-0.2, 0) is 0 Å². The Morgan fingerprint density at radius 2 is 2.50 bits per heavy atom. The van der Waals surface area contributed by atoms with E-state index in [1.165, 1.54) is 5.57 Å². The van der Waals surface area contributed by atoms with Crippen molar-refractivity contribution in [2.75, 3.05) is 6.54 Å². The van der Waals surface area contributed by atoms with E-state index < -0.39 is 0 Å². The maximum absolute atomic E-state index is 5.40. The summed E-state index contributed by atoms with van der Waals surface area (Å²) < 4.78 is 0. The second-order valence-corrected chi connectivity index (χ2v) is 2.57.